The van der Waals surface area contributed by atoms with Crippen molar-refractivity contribution in [1.82, 2.24) is 24.8 Å². The van der Waals surface area contributed by atoms with E-state index in [0.29, 0.717) is 22.3 Å². The van der Waals surface area contributed by atoms with Crippen molar-refractivity contribution in [1.29, 1.82) is 0 Å². The van der Waals surface area contributed by atoms with E-state index in [4.69, 9.17) is 23.2 Å². The number of nitrogens with one attached hydrogen (secondary N) is 1. The van der Waals surface area contributed by atoms with Crippen LogP contribution in [0, 0.1) is 12.7 Å². The number of halogens is 3. The zero-order valence-electron chi connectivity index (χ0n) is 14.1. The smallest absolute Gasteiger partial charge is 0.225 e. The summed E-state index contributed by atoms with van der Waals surface area (Å²) in [4.78, 5) is 14.6. The number of nitrogens with zero attached hydrogens (tertiary/aromatic N) is 5. The van der Waals surface area contributed by atoms with Crippen LogP contribution >= 0.6 is 23.2 Å². The lowest BCUT2D eigenvalue weighted by molar-refractivity contribution is 0.426. The molecular formula is C16H21Cl2FN6. The summed E-state index contributed by atoms with van der Waals surface area (Å²) >= 11 is 12.1. The second-order valence-corrected chi connectivity index (χ2v) is 6.86. The molecule has 1 N–H and O–H groups in total. The molecule has 25 heavy (non-hydrogen) atoms. The minimum Gasteiger partial charge on any atom is -0.335 e. The zero-order chi connectivity index (χ0) is 17.8. The fourth-order valence-electron chi connectivity index (χ4n) is 3.15. The summed E-state index contributed by atoms with van der Waals surface area (Å²) in [6, 6.07) is 0.294. The van der Waals surface area contributed by atoms with Crippen LogP contribution < -0.4 is 10.2 Å². The van der Waals surface area contributed by atoms with Crippen molar-refractivity contribution in [3.8, 4) is 0 Å². The molecule has 0 saturated carbocycles. The molecule has 2 aromatic rings. The molecule has 0 amide bonds. The summed E-state index contributed by atoms with van der Waals surface area (Å²) in [7, 11) is 0. The second kappa shape index (κ2) is 8.29. The van der Waals surface area contributed by atoms with Crippen molar-refractivity contribution >= 4 is 29.2 Å². The maximum Gasteiger partial charge on any atom is 0.225 e. The van der Waals surface area contributed by atoms with Crippen LogP contribution in [-0.4, -0.2) is 45.2 Å². The van der Waals surface area contributed by atoms with Crippen LogP contribution in [0.1, 0.15) is 25.1 Å². The number of anilines is 1. The van der Waals surface area contributed by atoms with Gasteiger partial charge >= 0.3 is 0 Å². The fourth-order valence-corrected chi connectivity index (χ4v) is 3.62. The lowest BCUT2D eigenvalue weighted by Crippen LogP contribution is -2.52. The molecule has 9 heteroatoms. The van der Waals surface area contributed by atoms with Crippen LogP contribution in [0.5, 0.6) is 0 Å². The first kappa shape index (κ1) is 18.4. The molecule has 0 aromatic carbocycles. The Morgan fingerprint density at radius 3 is 2.72 bits per heavy atom. The van der Waals surface area contributed by atoms with Crippen molar-refractivity contribution in [2.45, 2.75) is 38.8 Å². The van der Waals surface area contributed by atoms with Crippen molar-refractivity contribution in [3.63, 3.8) is 0 Å². The van der Waals surface area contributed by atoms with Crippen LogP contribution in [-0.2, 0) is 6.54 Å². The van der Waals surface area contributed by atoms with Gasteiger partial charge in [-0.25, -0.2) is 19.3 Å². The molecule has 1 unspecified atom stereocenters. The lowest BCUT2D eigenvalue weighted by Gasteiger charge is -2.36. The number of unbranched alkanes of at least 4 members (excludes halogenated alkanes) is 1. The fraction of sp³-hybridized carbons (Fsp3) is 0.562. The highest BCUT2D eigenvalue weighted by Crippen LogP contribution is 2.23. The van der Waals surface area contributed by atoms with Crippen LogP contribution in [0.4, 0.5) is 10.3 Å². The highest BCUT2D eigenvalue weighted by molar-refractivity contribution is 6.40. The SMILES string of the molecule is Cc1nc(Cl)c(Cl)n1CCCCC1CNCCN1c1ncc(F)cn1. The first-order valence-electron chi connectivity index (χ1n) is 8.39. The predicted octanol–water partition coefficient (Wildman–Crippen LogP) is 3.08. The maximum absolute atomic E-state index is 13.0. The summed E-state index contributed by atoms with van der Waals surface area (Å²) in [6.45, 7) is 5.25. The largest absolute Gasteiger partial charge is 0.335 e. The molecule has 1 fully saturated rings. The average molecular weight is 387 g/mol. The molecule has 1 aliphatic rings. The summed E-state index contributed by atoms with van der Waals surface area (Å²) in [5, 5.41) is 4.26. The minimum atomic E-state index is -0.415. The molecule has 1 saturated heterocycles. The van der Waals surface area contributed by atoms with Gasteiger partial charge in [-0.2, -0.15) is 0 Å². The Hall–Kier alpha value is -1.44. The molecule has 0 aliphatic carbocycles. The van der Waals surface area contributed by atoms with E-state index in [-0.39, 0.29) is 0 Å². The molecule has 0 spiro atoms. The van der Waals surface area contributed by atoms with Gasteiger partial charge < -0.3 is 14.8 Å². The highest BCUT2D eigenvalue weighted by Gasteiger charge is 2.24. The van der Waals surface area contributed by atoms with E-state index in [1.165, 1.54) is 12.4 Å². The number of aryl methyl sites for hydroxylation is 1. The molecule has 3 rings (SSSR count). The topological polar surface area (TPSA) is 58.9 Å². The Bertz CT molecular complexity index is 705. The summed E-state index contributed by atoms with van der Waals surface area (Å²) in [5.41, 5.74) is 0. The van der Waals surface area contributed by atoms with Gasteiger partial charge in [0.2, 0.25) is 5.95 Å². The van der Waals surface area contributed by atoms with E-state index >= 15 is 0 Å². The van der Waals surface area contributed by atoms with Gasteiger partial charge in [-0.05, 0) is 26.2 Å². The van der Waals surface area contributed by atoms with E-state index < -0.39 is 5.82 Å². The first-order chi connectivity index (χ1) is 12.1. The minimum absolute atomic E-state index is 0.294. The standard InChI is InChI=1S/C16H21Cl2FN6/c1-11-23-14(17)15(18)24(11)6-3-2-4-13-10-20-5-7-25(13)16-21-8-12(19)9-22-16/h8-9,13,20H,2-7,10H2,1H3. The van der Waals surface area contributed by atoms with Gasteiger partial charge in [0, 0.05) is 32.2 Å². The van der Waals surface area contributed by atoms with Gasteiger partial charge in [0.05, 0.1) is 12.4 Å². The third-order valence-electron chi connectivity index (χ3n) is 4.44. The summed E-state index contributed by atoms with van der Waals surface area (Å²) in [5.74, 6) is 1.01. The van der Waals surface area contributed by atoms with Gasteiger partial charge in [-0.15, -0.1) is 0 Å². The van der Waals surface area contributed by atoms with E-state index in [1.807, 2.05) is 11.5 Å². The Morgan fingerprint density at radius 1 is 1.28 bits per heavy atom. The van der Waals surface area contributed by atoms with E-state index in [9.17, 15) is 4.39 Å². The van der Waals surface area contributed by atoms with E-state index in [2.05, 4.69) is 25.2 Å². The average Bonchev–Trinajstić information content (AvgIpc) is 2.85. The Morgan fingerprint density at radius 2 is 2.04 bits per heavy atom. The second-order valence-electron chi connectivity index (χ2n) is 6.14. The highest BCUT2D eigenvalue weighted by atomic mass is 35.5. The molecule has 1 aliphatic heterocycles. The van der Waals surface area contributed by atoms with Gasteiger partial charge in [0.1, 0.15) is 11.0 Å². The molecule has 6 nitrogen and oxygen atoms in total. The van der Waals surface area contributed by atoms with Crippen LogP contribution in [0.15, 0.2) is 12.4 Å². The van der Waals surface area contributed by atoms with Crippen LogP contribution in [0.25, 0.3) is 0 Å². The molecule has 1 atom stereocenters. The van der Waals surface area contributed by atoms with E-state index in [1.54, 1.807) is 0 Å². The predicted molar refractivity (Wildman–Crippen MR) is 96.8 cm³/mol. The molecular weight excluding hydrogens is 366 g/mol. The maximum atomic E-state index is 13.0. The lowest BCUT2D eigenvalue weighted by atomic mass is 10.1. The van der Waals surface area contributed by atoms with Crippen LogP contribution in [0.2, 0.25) is 10.3 Å². The Balaban J connectivity index is 1.54. The normalized spacial score (nSPS) is 17.9. The van der Waals surface area contributed by atoms with Crippen molar-refractivity contribution in [2.75, 3.05) is 24.5 Å². The van der Waals surface area contributed by atoms with Crippen molar-refractivity contribution in [3.05, 3.63) is 34.3 Å². The Labute approximate surface area is 156 Å². The van der Waals surface area contributed by atoms with E-state index in [0.717, 1.165) is 51.3 Å². The number of hydrogen-bond acceptors (Lipinski definition) is 5. The molecule has 136 valence electrons. The van der Waals surface area contributed by atoms with Crippen molar-refractivity contribution < 1.29 is 4.39 Å². The summed E-state index contributed by atoms with van der Waals surface area (Å²) in [6.07, 6.45) is 5.42. The monoisotopic (exact) mass is 386 g/mol. The number of piperazine rings is 1. The molecule has 0 bridgehead atoms. The zero-order valence-corrected chi connectivity index (χ0v) is 15.6. The van der Waals surface area contributed by atoms with Crippen LogP contribution in [0.3, 0.4) is 0 Å². The first-order valence-corrected chi connectivity index (χ1v) is 9.15. The van der Waals surface area contributed by atoms with Gasteiger partial charge in [-0.3, -0.25) is 0 Å². The quantitative estimate of drug-likeness (QED) is 0.772. The van der Waals surface area contributed by atoms with Crippen molar-refractivity contribution in [2.24, 2.45) is 0 Å². The van der Waals surface area contributed by atoms with Gasteiger partial charge in [0.25, 0.3) is 0 Å². The number of imidazole rings is 1. The molecule has 3 heterocycles. The number of hydrogen-bond donors (Lipinski definition) is 1. The van der Waals surface area contributed by atoms with Gasteiger partial charge in [0.15, 0.2) is 11.0 Å². The number of rotatable bonds is 6. The Kier molecular flexibility index (Phi) is 6.09. The molecule has 0 radical (unpaired) electrons. The third kappa shape index (κ3) is 4.40. The van der Waals surface area contributed by atoms with Gasteiger partial charge in [-0.1, -0.05) is 23.2 Å². The third-order valence-corrected chi connectivity index (χ3v) is 5.18. The molecule has 2 aromatic heterocycles. The number of aromatic nitrogens is 4. The summed E-state index contributed by atoms with van der Waals surface area (Å²) < 4.78 is 15.0.